The first kappa shape index (κ1) is 14.7. The van der Waals surface area contributed by atoms with E-state index >= 15 is 0 Å². The Labute approximate surface area is 108 Å². The van der Waals surface area contributed by atoms with Crippen LogP contribution in [0.2, 0.25) is 0 Å². The maximum absolute atomic E-state index is 11.0. The van der Waals surface area contributed by atoms with E-state index in [4.69, 9.17) is 9.84 Å². The number of nitrogens with one attached hydrogen (secondary N) is 1. The van der Waals surface area contributed by atoms with Crippen LogP contribution in [0.1, 0.15) is 30.9 Å². The van der Waals surface area contributed by atoms with Gasteiger partial charge in [0.05, 0.1) is 6.61 Å². The Morgan fingerprint density at radius 1 is 1.39 bits per heavy atom. The van der Waals surface area contributed by atoms with Gasteiger partial charge in [-0.05, 0) is 17.5 Å². The number of benzene rings is 1. The van der Waals surface area contributed by atoms with Gasteiger partial charge in [0.25, 0.3) is 0 Å². The molecule has 0 amide bonds. The van der Waals surface area contributed by atoms with Crippen LogP contribution in [0.25, 0.3) is 0 Å². The first-order valence-corrected chi connectivity index (χ1v) is 6.21. The molecular formula is C14H21NO3. The Bertz CT molecular complexity index is 379. The van der Waals surface area contributed by atoms with Gasteiger partial charge in [-0.25, -0.2) is 0 Å². The lowest BCUT2D eigenvalue weighted by Gasteiger charge is -2.15. The molecule has 0 radical (unpaired) electrons. The quantitative estimate of drug-likeness (QED) is 0.743. The summed E-state index contributed by atoms with van der Waals surface area (Å²) in [5.41, 5.74) is 2.18. The molecule has 100 valence electrons. The lowest BCUT2D eigenvalue weighted by Crippen LogP contribution is -2.36. The summed E-state index contributed by atoms with van der Waals surface area (Å²) in [6.07, 6.45) is 1.49. The van der Waals surface area contributed by atoms with Crippen LogP contribution in [0.15, 0.2) is 24.3 Å². The van der Waals surface area contributed by atoms with Crippen LogP contribution in [0.4, 0.5) is 0 Å². The van der Waals surface area contributed by atoms with Gasteiger partial charge in [-0.3, -0.25) is 4.79 Å². The van der Waals surface area contributed by atoms with E-state index in [1.165, 1.54) is 0 Å². The average molecular weight is 251 g/mol. The van der Waals surface area contributed by atoms with Gasteiger partial charge in [-0.1, -0.05) is 37.6 Å². The second-order valence-electron chi connectivity index (χ2n) is 4.26. The van der Waals surface area contributed by atoms with Crippen LogP contribution in [0, 0.1) is 0 Å². The van der Waals surface area contributed by atoms with Crippen molar-refractivity contribution in [3.8, 4) is 0 Å². The van der Waals surface area contributed by atoms with Gasteiger partial charge in [-0.2, -0.15) is 0 Å². The maximum atomic E-state index is 11.0. The first-order valence-electron chi connectivity index (χ1n) is 6.21. The SMILES string of the molecule is CCCC(NCc1ccccc1COC)C(=O)O. The summed E-state index contributed by atoms with van der Waals surface area (Å²) < 4.78 is 5.13. The average Bonchev–Trinajstić information content (AvgIpc) is 2.36. The fourth-order valence-electron chi connectivity index (χ4n) is 1.86. The molecule has 1 aromatic rings. The molecule has 0 aliphatic heterocycles. The highest BCUT2D eigenvalue weighted by molar-refractivity contribution is 5.73. The zero-order valence-corrected chi connectivity index (χ0v) is 11.0. The molecule has 0 fully saturated rings. The Balaban J connectivity index is 2.63. The van der Waals surface area contributed by atoms with Gasteiger partial charge in [0, 0.05) is 13.7 Å². The molecule has 1 rings (SSSR count). The third-order valence-electron chi connectivity index (χ3n) is 2.83. The molecule has 4 nitrogen and oxygen atoms in total. The minimum absolute atomic E-state index is 0.481. The molecule has 0 spiro atoms. The van der Waals surface area contributed by atoms with E-state index in [9.17, 15) is 4.79 Å². The number of carboxylic acids is 1. The maximum Gasteiger partial charge on any atom is 0.320 e. The fourth-order valence-corrected chi connectivity index (χ4v) is 1.86. The predicted octanol–water partition coefficient (Wildman–Crippen LogP) is 2.18. The van der Waals surface area contributed by atoms with E-state index in [1.807, 2.05) is 31.2 Å². The molecule has 0 saturated heterocycles. The molecule has 4 heteroatoms. The standard InChI is InChI=1S/C14H21NO3/c1-3-6-13(14(16)17)15-9-11-7-4-5-8-12(11)10-18-2/h4-5,7-8,13,15H,3,6,9-10H2,1-2H3,(H,16,17). The number of methoxy groups -OCH3 is 1. The van der Waals surface area contributed by atoms with E-state index in [-0.39, 0.29) is 0 Å². The summed E-state index contributed by atoms with van der Waals surface area (Å²) >= 11 is 0. The first-order chi connectivity index (χ1) is 8.69. The Hall–Kier alpha value is -1.39. The van der Waals surface area contributed by atoms with Gasteiger partial charge in [0.15, 0.2) is 0 Å². The van der Waals surface area contributed by atoms with Crippen molar-refractivity contribution in [3.05, 3.63) is 35.4 Å². The van der Waals surface area contributed by atoms with Crippen LogP contribution in [0.3, 0.4) is 0 Å². The number of carbonyl (C=O) groups is 1. The fraction of sp³-hybridized carbons (Fsp3) is 0.500. The predicted molar refractivity (Wildman–Crippen MR) is 70.3 cm³/mol. The number of hydrogen-bond acceptors (Lipinski definition) is 3. The van der Waals surface area contributed by atoms with Gasteiger partial charge in [0.2, 0.25) is 0 Å². The monoisotopic (exact) mass is 251 g/mol. The van der Waals surface area contributed by atoms with Crippen molar-refractivity contribution in [2.24, 2.45) is 0 Å². The molecule has 0 bridgehead atoms. The molecule has 0 heterocycles. The van der Waals surface area contributed by atoms with Crippen molar-refractivity contribution >= 4 is 5.97 Å². The van der Waals surface area contributed by atoms with Crippen LogP contribution in [-0.2, 0) is 22.7 Å². The Morgan fingerprint density at radius 2 is 2.06 bits per heavy atom. The summed E-state index contributed by atoms with van der Waals surface area (Å²) in [7, 11) is 1.65. The summed E-state index contributed by atoms with van der Waals surface area (Å²) in [5.74, 6) is -0.791. The topological polar surface area (TPSA) is 58.6 Å². The molecule has 18 heavy (non-hydrogen) atoms. The zero-order valence-electron chi connectivity index (χ0n) is 11.0. The summed E-state index contributed by atoms with van der Waals surface area (Å²) in [4.78, 5) is 11.0. The zero-order chi connectivity index (χ0) is 13.4. The normalized spacial score (nSPS) is 12.3. The van der Waals surface area contributed by atoms with Gasteiger partial charge in [-0.15, -0.1) is 0 Å². The Morgan fingerprint density at radius 3 is 2.61 bits per heavy atom. The van der Waals surface area contributed by atoms with E-state index in [0.717, 1.165) is 17.5 Å². The van der Waals surface area contributed by atoms with Crippen LogP contribution in [-0.4, -0.2) is 24.2 Å². The third kappa shape index (κ3) is 4.47. The van der Waals surface area contributed by atoms with Crippen molar-refractivity contribution in [1.82, 2.24) is 5.32 Å². The van der Waals surface area contributed by atoms with Gasteiger partial charge in [0.1, 0.15) is 6.04 Å². The minimum Gasteiger partial charge on any atom is -0.480 e. The largest absolute Gasteiger partial charge is 0.480 e. The lowest BCUT2D eigenvalue weighted by atomic mass is 10.1. The number of hydrogen-bond donors (Lipinski definition) is 2. The van der Waals surface area contributed by atoms with Crippen LogP contribution >= 0.6 is 0 Å². The summed E-state index contributed by atoms with van der Waals surface area (Å²) in [6, 6.07) is 7.41. The minimum atomic E-state index is -0.791. The second-order valence-corrected chi connectivity index (χ2v) is 4.26. The molecule has 0 aliphatic rings. The molecule has 2 N–H and O–H groups in total. The van der Waals surface area contributed by atoms with Crippen molar-refractivity contribution in [1.29, 1.82) is 0 Å². The highest BCUT2D eigenvalue weighted by Gasteiger charge is 2.15. The van der Waals surface area contributed by atoms with Gasteiger partial charge < -0.3 is 15.2 Å². The van der Waals surface area contributed by atoms with Crippen LogP contribution < -0.4 is 5.32 Å². The van der Waals surface area contributed by atoms with Crippen molar-refractivity contribution in [3.63, 3.8) is 0 Å². The number of ether oxygens (including phenoxy) is 1. The highest BCUT2D eigenvalue weighted by Crippen LogP contribution is 2.10. The van der Waals surface area contributed by atoms with Crippen molar-refractivity contribution < 1.29 is 14.6 Å². The summed E-state index contributed by atoms with van der Waals surface area (Å²) in [5, 5.41) is 12.1. The molecule has 0 aromatic heterocycles. The summed E-state index contributed by atoms with van der Waals surface area (Å²) in [6.45, 7) is 3.08. The molecular weight excluding hydrogens is 230 g/mol. The number of aliphatic carboxylic acids is 1. The molecule has 1 unspecified atom stereocenters. The van der Waals surface area contributed by atoms with Crippen LogP contribution in [0.5, 0.6) is 0 Å². The van der Waals surface area contributed by atoms with Crippen molar-refractivity contribution in [2.75, 3.05) is 7.11 Å². The Kier molecular flexibility index (Phi) is 6.39. The molecule has 1 atom stereocenters. The number of carboxylic acid groups (broad SMARTS) is 1. The smallest absolute Gasteiger partial charge is 0.320 e. The van der Waals surface area contributed by atoms with E-state index in [2.05, 4.69) is 5.32 Å². The van der Waals surface area contributed by atoms with Gasteiger partial charge >= 0.3 is 5.97 Å². The molecule has 0 aliphatic carbocycles. The third-order valence-corrected chi connectivity index (χ3v) is 2.83. The second kappa shape index (κ2) is 7.84. The van der Waals surface area contributed by atoms with E-state index < -0.39 is 12.0 Å². The highest BCUT2D eigenvalue weighted by atomic mass is 16.5. The van der Waals surface area contributed by atoms with Crippen molar-refractivity contribution in [2.45, 2.75) is 39.0 Å². The number of rotatable bonds is 8. The van der Waals surface area contributed by atoms with E-state index in [0.29, 0.717) is 19.6 Å². The molecule has 1 aromatic carbocycles. The van der Waals surface area contributed by atoms with E-state index in [1.54, 1.807) is 7.11 Å². The molecule has 0 saturated carbocycles. The lowest BCUT2D eigenvalue weighted by molar-refractivity contribution is -0.139.